The molecule has 0 saturated carbocycles. The van der Waals surface area contributed by atoms with Gasteiger partial charge in [-0.2, -0.15) is 0 Å². The van der Waals surface area contributed by atoms with E-state index < -0.39 is 11.8 Å². The first-order valence-corrected chi connectivity index (χ1v) is 11.2. The number of amides is 2. The second kappa shape index (κ2) is 9.21. The second-order valence-electron chi connectivity index (χ2n) is 9.04. The number of halogens is 1. The molecule has 0 unspecified atom stereocenters. The zero-order chi connectivity index (χ0) is 25.3. The Morgan fingerprint density at radius 3 is 2.54 bits per heavy atom. The third-order valence-electron chi connectivity index (χ3n) is 5.46. The van der Waals surface area contributed by atoms with Crippen LogP contribution in [0, 0.1) is 5.82 Å². The maximum Gasteiger partial charge on any atom is 0.326 e. The van der Waals surface area contributed by atoms with E-state index in [1.54, 1.807) is 29.9 Å². The Bertz CT molecular complexity index is 1470. The fourth-order valence-corrected chi connectivity index (χ4v) is 3.66. The predicted octanol–water partition coefficient (Wildman–Crippen LogP) is 5.19. The number of hydrogen-bond acceptors (Lipinski definition) is 6. The van der Waals surface area contributed by atoms with Gasteiger partial charge in [-0.15, -0.1) is 0 Å². The minimum Gasteiger partial charge on any atom is -0.424 e. The molecule has 0 aliphatic carbocycles. The lowest BCUT2D eigenvalue weighted by atomic mass is 9.97. The SMILES string of the molecule is CCn1c(=O)c(-c2ccc(F)c(NC(=O)Nc3cnc(C(C)(C)C)o3)c2)cc2cnc(NC)cc21. The summed E-state index contributed by atoms with van der Waals surface area (Å²) in [5, 5.41) is 8.71. The fraction of sp³-hybridized carbons (Fsp3) is 0.280. The van der Waals surface area contributed by atoms with E-state index in [0.717, 1.165) is 10.9 Å². The third kappa shape index (κ3) is 4.86. The molecule has 10 heteroatoms. The molecule has 0 fully saturated rings. The number of anilines is 3. The highest BCUT2D eigenvalue weighted by Gasteiger charge is 2.21. The molecule has 182 valence electrons. The van der Waals surface area contributed by atoms with Crippen LogP contribution in [0.1, 0.15) is 33.6 Å². The normalized spacial score (nSPS) is 11.5. The summed E-state index contributed by atoms with van der Waals surface area (Å²) in [6.45, 7) is 8.11. The maximum atomic E-state index is 14.5. The van der Waals surface area contributed by atoms with Crippen LogP contribution in [0.4, 0.5) is 26.6 Å². The van der Waals surface area contributed by atoms with E-state index in [1.807, 2.05) is 27.7 Å². The predicted molar refractivity (Wildman–Crippen MR) is 134 cm³/mol. The summed E-state index contributed by atoms with van der Waals surface area (Å²) in [5.74, 6) is 0.597. The highest BCUT2D eigenvalue weighted by atomic mass is 19.1. The van der Waals surface area contributed by atoms with Crippen molar-refractivity contribution >= 4 is 34.3 Å². The van der Waals surface area contributed by atoms with Crippen molar-refractivity contribution in [1.82, 2.24) is 14.5 Å². The molecule has 9 nitrogen and oxygen atoms in total. The second-order valence-corrected chi connectivity index (χ2v) is 9.04. The summed E-state index contributed by atoms with van der Waals surface area (Å²) in [6, 6.07) is 6.96. The molecule has 3 N–H and O–H groups in total. The van der Waals surface area contributed by atoms with E-state index in [1.165, 1.54) is 24.4 Å². The first-order chi connectivity index (χ1) is 16.6. The molecular formula is C25H27FN6O3. The maximum absolute atomic E-state index is 14.5. The Kier molecular flexibility index (Phi) is 6.29. The number of fused-ring (bicyclic) bond motifs is 1. The van der Waals surface area contributed by atoms with Crippen molar-refractivity contribution in [3.8, 4) is 11.1 Å². The van der Waals surface area contributed by atoms with Gasteiger partial charge in [0.25, 0.3) is 5.56 Å². The van der Waals surface area contributed by atoms with Gasteiger partial charge in [0.2, 0.25) is 11.8 Å². The van der Waals surface area contributed by atoms with Gasteiger partial charge < -0.3 is 19.6 Å². The van der Waals surface area contributed by atoms with Crippen molar-refractivity contribution in [3.05, 3.63) is 64.8 Å². The van der Waals surface area contributed by atoms with E-state index in [9.17, 15) is 14.0 Å². The number of carbonyl (C=O) groups is 1. The van der Waals surface area contributed by atoms with Gasteiger partial charge in [-0.05, 0) is 30.7 Å². The van der Waals surface area contributed by atoms with Crippen LogP contribution in [0.25, 0.3) is 22.0 Å². The molecule has 0 aliphatic rings. The standard InChI is InChI=1S/C25H27FN6O3/c1-6-32-19-11-20(27-5)28-12-15(19)9-16(22(32)33)14-7-8-17(26)18(10-14)30-24(34)31-21-13-29-23(35-21)25(2,3)4/h7-13H,6H2,1-5H3,(H,27,28)(H2,30,31,34). The van der Waals surface area contributed by atoms with Gasteiger partial charge >= 0.3 is 6.03 Å². The first-order valence-electron chi connectivity index (χ1n) is 11.2. The van der Waals surface area contributed by atoms with Crippen LogP contribution >= 0.6 is 0 Å². The van der Waals surface area contributed by atoms with Gasteiger partial charge in [-0.1, -0.05) is 26.8 Å². The molecular weight excluding hydrogens is 451 g/mol. The number of urea groups is 1. The molecule has 4 rings (SSSR count). The summed E-state index contributed by atoms with van der Waals surface area (Å²) in [6.07, 6.45) is 3.07. The van der Waals surface area contributed by atoms with E-state index in [-0.39, 0.29) is 22.5 Å². The van der Waals surface area contributed by atoms with Crippen LogP contribution in [0.15, 0.2) is 51.9 Å². The van der Waals surface area contributed by atoms with Crippen LogP contribution in [0.2, 0.25) is 0 Å². The van der Waals surface area contributed by atoms with Gasteiger partial charge in [-0.3, -0.25) is 10.1 Å². The molecule has 0 atom stereocenters. The van der Waals surface area contributed by atoms with Crippen molar-refractivity contribution in [1.29, 1.82) is 0 Å². The Balaban J connectivity index is 1.65. The average Bonchev–Trinajstić information content (AvgIpc) is 3.29. The Labute approximate surface area is 201 Å². The summed E-state index contributed by atoms with van der Waals surface area (Å²) in [7, 11) is 1.76. The first kappa shape index (κ1) is 23.9. The number of aryl methyl sites for hydroxylation is 1. The number of oxazole rings is 1. The van der Waals surface area contributed by atoms with Crippen molar-refractivity contribution in [2.24, 2.45) is 0 Å². The van der Waals surface area contributed by atoms with Gasteiger partial charge in [-0.25, -0.2) is 19.2 Å². The summed E-state index contributed by atoms with van der Waals surface area (Å²) >= 11 is 0. The van der Waals surface area contributed by atoms with Crippen LogP contribution in [-0.2, 0) is 12.0 Å². The summed E-state index contributed by atoms with van der Waals surface area (Å²) in [5.41, 5.74) is 0.928. The van der Waals surface area contributed by atoms with E-state index in [4.69, 9.17) is 4.42 Å². The minimum absolute atomic E-state index is 0.0817. The molecule has 0 aliphatic heterocycles. The van der Waals surface area contributed by atoms with E-state index >= 15 is 0 Å². The van der Waals surface area contributed by atoms with Crippen molar-refractivity contribution < 1.29 is 13.6 Å². The topological polar surface area (TPSA) is 114 Å². The molecule has 0 spiro atoms. The fourth-order valence-electron chi connectivity index (χ4n) is 3.66. The zero-order valence-electron chi connectivity index (χ0n) is 20.2. The van der Waals surface area contributed by atoms with Crippen LogP contribution in [0.3, 0.4) is 0 Å². The number of pyridine rings is 2. The molecule has 1 aromatic carbocycles. The number of nitrogens with one attached hydrogen (secondary N) is 3. The molecule has 2 amide bonds. The van der Waals surface area contributed by atoms with Gasteiger partial charge in [0, 0.05) is 42.2 Å². The van der Waals surface area contributed by atoms with Gasteiger partial charge in [0.1, 0.15) is 11.6 Å². The number of benzene rings is 1. The lowest BCUT2D eigenvalue weighted by molar-refractivity contribution is 0.261. The molecule has 35 heavy (non-hydrogen) atoms. The summed E-state index contributed by atoms with van der Waals surface area (Å²) in [4.78, 5) is 34.2. The lowest BCUT2D eigenvalue weighted by Gasteiger charge is -2.14. The van der Waals surface area contributed by atoms with Crippen molar-refractivity contribution in [2.45, 2.75) is 39.7 Å². The van der Waals surface area contributed by atoms with Crippen LogP contribution in [0.5, 0.6) is 0 Å². The van der Waals surface area contributed by atoms with Gasteiger partial charge in [0.05, 0.1) is 17.4 Å². The molecule has 4 aromatic rings. The third-order valence-corrected chi connectivity index (χ3v) is 5.46. The number of aromatic nitrogens is 3. The molecule has 0 bridgehead atoms. The highest BCUT2D eigenvalue weighted by Crippen LogP contribution is 2.27. The Hall–Kier alpha value is -4.21. The highest BCUT2D eigenvalue weighted by molar-refractivity contribution is 5.99. The Morgan fingerprint density at radius 1 is 1.11 bits per heavy atom. The Morgan fingerprint density at radius 2 is 1.89 bits per heavy atom. The lowest BCUT2D eigenvalue weighted by Crippen LogP contribution is -2.22. The quantitative estimate of drug-likeness (QED) is 0.364. The number of rotatable bonds is 5. The van der Waals surface area contributed by atoms with Crippen molar-refractivity contribution in [3.63, 3.8) is 0 Å². The molecule has 0 saturated heterocycles. The average molecular weight is 479 g/mol. The number of nitrogens with zero attached hydrogens (tertiary/aromatic N) is 3. The number of carbonyl (C=O) groups excluding carboxylic acids is 1. The van der Waals surface area contributed by atoms with Gasteiger partial charge in [0.15, 0.2) is 0 Å². The molecule has 3 heterocycles. The number of hydrogen-bond donors (Lipinski definition) is 3. The summed E-state index contributed by atoms with van der Waals surface area (Å²) < 4.78 is 21.7. The van der Waals surface area contributed by atoms with Crippen molar-refractivity contribution in [2.75, 3.05) is 23.0 Å². The monoisotopic (exact) mass is 478 g/mol. The smallest absolute Gasteiger partial charge is 0.326 e. The van der Waals surface area contributed by atoms with E-state index in [0.29, 0.717) is 29.4 Å². The zero-order valence-corrected chi connectivity index (χ0v) is 20.2. The molecule has 3 aromatic heterocycles. The van der Waals surface area contributed by atoms with E-state index in [2.05, 4.69) is 25.9 Å². The van der Waals surface area contributed by atoms with Crippen LogP contribution < -0.4 is 21.5 Å². The minimum atomic E-state index is -0.703. The molecule has 0 radical (unpaired) electrons. The van der Waals surface area contributed by atoms with Crippen LogP contribution in [-0.4, -0.2) is 27.6 Å². The largest absolute Gasteiger partial charge is 0.424 e.